The third-order valence-corrected chi connectivity index (χ3v) is 3.61. The van der Waals surface area contributed by atoms with E-state index in [-0.39, 0.29) is 11.9 Å². The molecule has 0 aliphatic carbocycles. The number of aromatic amines is 1. The van der Waals surface area contributed by atoms with Crippen molar-refractivity contribution in [1.29, 1.82) is 0 Å². The highest BCUT2D eigenvalue weighted by atomic mass is 16.6. The molecule has 0 aliphatic heterocycles. The lowest BCUT2D eigenvalue weighted by Gasteiger charge is -2.12. The minimum Gasteiger partial charge on any atom is -0.457 e. The average Bonchev–Trinajstić information content (AvgIpc) is 3.16. The van der Waals surface area contributed by atoms with Crippen molar-refractivity contribution in [2.75, 3.05) is 12.4 Å². The van der Waals surface area contributed by atoms with E-state index in [0.717, 1.165) is 5.56 Å². The van der Waals surface area contributed by atoms with Gasteiger partial charge in [0.25, 0.3) is 5.91 Å². The van der Waals surface area contributed by atoms with Crippen LogP contribution < -0.4 is 10.1 Å². The standard InChI is InChI=1S/C18H18N4O4/c1-25-16(23)10-12-6-8-13(9-7-12)26-15-5-3-2-4-14(15)17(24)21-18-19-11-20-22-18/h2-9,11,16,23H,10H2,1H3,(H2,19,20,21,22,24). The summed E-state index contributed by atoms with van der Waals surface area (Å²) in [6.45, 7) is 0. The lowest BCUT2D eigenvalue weighted by atomic mass is 10.1. The van der Waals surface area contributed by atoms with Crippen LogP contribution in [0.4, 0.5) is 5.95 Å². The van der Waals surface area contributed by atoms with Crippen LogP contribution in [-0.2, 0) is 11.2 Å². The largest absolute Gasteiger partial charge is 0.457 e. The predicted molar refractivity (Wildman–Crippen MR) is 94.0 cm³/mol. The Morgan fingerprint density at radius 2 is 2.00 bits per heavy atom. The molecule has 3 N–H and O–H groups in total. The van der Waals surface area contributed by atoms with Gasteiger partial charge in [0.15, 0.2) is 6.29 Å². The first kappa shape index (κ1) is 17.6. The molecule has 1 amide bonds. The van der Waals surface area contributed by atoms with Crippen molar-refractivity contribution in [2.45, 2.75) is 12.7 Å². The van der Waals surface area contributed by atoms with Crippen LogP contribution in [-0.4, -0.2) is 39.6 Å². The van der Waals surface area contributed by atoms with Gasteiger partial charge in [0.2, 0.25) is 5.95 Å². The monoisotopic (exact) mass is 354 g/mol. The van der Waals surface area contributed by atoms with Crippen LogP contribution in [0, 0.1) is 0 Å². The Kier molecular flexibility index (Phi) is 5.57. The number of benzene rings is 2. The van der Waals surface area contributed by atoms with Gasteiger partial charge in [0, 0.05) is 13.5 Å². The zero-order chi connectivity index (χ0) is 18.4. The molecular formula is C18H18N4O4. The van der Waals surface area contributed by atoms with Crippen LogP contribution in [0.5, 0.6) is 11.5 Å². The molecule has 0 fully saturated rings. The van der Waals surface area contributed by atoms with Crippen molar-refractivity contribution >= 4 is 11.9 Å². The molecule has 26 heavy (non-hydrogen) atoms. The lowest BCUT2D eigenvalue weighted by Crippen LogP contribution is -2.14. The molecule has 0 saturated heterocycles. The first-order valence-corrected chi connectivity index (χ1v) is 7.89. The number of amides is 1. The van der Waals surface area contributed by atoms with Crippen molar-refractivity contribution in [3.63, 3.8) is 0 Å². The third kappa shape index (κ3) is 4.44. The Labute approximate surface area is 149 Å². The Bertz CT molecular complexity index is 850. The van der Waals surface area contributed by atoms with E-state index in [1.165, 1.54) is 13.4 Å². The van der Waals surface area contributed by atoms with Gasteiger partial charge in [0.1, 0.15) is 17.8 Å². The summed E-state index contributed by atoms with van der Waals surface area (Å²) in [6, 6.07) is 14.1. The third-order valence-electron chi connectivity index (χ3n) is 3.61. The second-order valence-corrected chi connectivity index (χ2v) is 5.42. The molecule has 3 aromatic rings. The number of anilines is 1. The molecule has 0 bridgehead atoms. The zero-order valence-corrected chi connectivity index (χ0v) is 14.0. The van der Waals surface area contributed by atoms with Crippen LogP contribution in [0.1, 0.15) is 15.9 Å². The number of para-hydroxylation sites is 1. The van der Waals surface area contributed by atoms with E-state index in [9.17, 15) is 9.90 Å². The quantitative estimate of drug-likeness (QED) is 0.562. The summed E-state index contributed by atoms with van der Waals surface area (Å²) in [5, 5.41) is 18.4. The number of aromatic nitrogens is 3. The van der Waals surface area contributed by atoms with E-state index in [4.69, 9.17) is 9.47 Å². The van der Waals surface area contributed by atoms with Crippen LogP contribution >= 0.6 is 0 Å². The summed E-state index contributed by atoms with van der Waals surface area (Å²) >= 11 is 0. The number of rotatable bonds is 7. The predicted octanol–water partition coefficient (Wildman–Crippen LogP) is 2.36. The molecule has 0 saturated carbocycles. The molecule has 134 valence electrons. The number of carbonyl (C=O) groups is 1. The topological polar surface area (TPSA) is 109 Å². The fourth-order valence-corrected chi connectivity index (χ4v) is 2.29. The van der Waals surface area contributed by atoms with Crippen LogP contribution in [0.25, 0.3) is 0 Å². The van der Waals surface area contributed by atoms with Gasteiger partial charge < -0.3 is 14.6 Å². The highest BCUT2D eigenvalue weighted by molar-refractivity contribution is 6.05. The number of H-pyrrole nitrogens is 1. The Hall–Kier alpha value is -3.23. The second-order valence-electron chi connectivity index (χ2n) is 5.42. The van der Waals surface area contributed by atoms with Crippen LogP contribution in [0.2, 0.25) is 0 Å². The maximum absolute atomic E-state index is 12.4. The SMILES string of the molecule is COC(O)Cc1ccc(Oc2ccccc2C(=O)Nc2ncn[nH]2)cc1. The molecule has 0 radical (unpaired) electrons. The van der Waals surface area contributed by atoms with Crippen molar-refractivity contribution < 1.29 is 19.4 Å². The number of hydrogen-bond donors (Lipinski definition) is 3. The average molecular weight is 354 g/mol. The smallest absolute Gasteiger partial charge is 0.261 e. The highest BCUT2D eigenvalue weighted by Gasteiger charge is 2.14. The van der Waals surface area contributed by atoms with Gasteiger partial charge in [-0.05, 0) is 29.8 Å². The van der Waals surface area contributed by atoms with Gasteiger partial charge in [0.05, 0.1) is 5.56 Å². The summed E-state index contributed by atoms with van der Waals surface area (Å²) in [5.41, 5.74) is 1.27. The Morgan fingerprint density at radius 1 is 1.23 bits per heavy atom. The maximum atomic E-state index is 12.4. The molecule has 1 atom stereocenters. The lowest BCUT2D eigenvalue weighted by molar-refractivity contribution is -0.0720. The summed E-state index contributed by atoms with van der Waals surface area (Å²) in [5.74, 6) is 0.873. The molecule has 1 heterocycles. The number of hydrogen-bond acceptors (Lipinski definition) is 6. The number of carbonyl (C=O) groups excluding carboxylic acids is 1. The molecule has 3 rings (SSSR count). The van der Waals surface area contributed by atoms with Crippen molar-refractivity contribution in [2.24, 2.45) is 0 Å². The van der Waals surface area contributed by atoms with Gasteiger partial charge in [-0.2, -0.15) is 10.1 Å². The Morgan fingerprint density at radius 3 is 2.69 bits per heavy atom. The van der Waals surface area contributed by atoms with Gasteiger partial charge in [-0.25, -0.2) is 5.10 Å². The van der Waals surface area contributed by atoms with E-state index in [0.29, 0.717) is 23.5 Å². The van der Waals surface area contributed by atoms with Gasteiger partial charge in [-0.1, -0.05) is 24.3 Å². The van der Waals surface area contributed by atoms with E-state index >= 15 is 0 Å². The summed E-state index contributed by atoms with van der Waals surface area (Å²) in [7, 11) is 1.45. The number of nitrogens with zero attached hydrogens (tertiary/aromatic N) is 2. The van der Waals surface area contributed by atoms with Gasteiger partial charge in [-0.3, -0.25) is 10.1 Å². The van der Waals surface area contributed by atoms with E-state index in [1.54, 1.807) is 36.4 Å². The molecular weight excluding hydrogens is 336 g/mol. The molecule has 1 aromatic heterocycles. The number of ether oxygens (including phenoxy) is 2. The van der Waals surface area contributed by atoms with Crippen molar-refractivity contribution in [3.05, 3.63) is 66.0 Å². The number of aliphatic hydroxyl groups is 1. The molecule has 8 nitrogen and oxygen atoms in total. The molecule has 0 spiro atoms. The van der Waals surface area contributed by atoms with E-state index in [2.05, 4.69) is 20.5 Å². The summed E-state index contributed by atoms with van der Waals surface area (Å²) in [4.78, 5) is 16.3. The number of nitrogens with one attached hydrogen (secondary N) is 2. The van der Waals surface area contributed by atoms with Crippen molar-refractivity contribution in [1.82, 2.24) is 15.2 Å². The minimum absolute atomic E-state index is 0.255. The Balaban J connectivity index is 1.73. The van der Waals surface area contributed by atoms with Gasteiger partial charge in [-0.15, -0.1) is 0 Å². The first-order valence-electron chi connectivity index (χ1n) is 7.89. The van der Waals surface area contributed by atoms with E-state index < -0.39 is 6.29 Å². The van der Waals surface area contributed by atoms with Crippen LogP contribution in [0.15, 0.2) is 54.9 Å². The fraction of sp³-hybridized carbons (Fsp3) is 0.167. The van der Waals surface area contributed by atoms with Crippen molar-refractivity contribution in [3.8, 4) is 11.5 Å². The highest BCUT2D eigenvalue weighted by Crippen LogP contribution is 2.26. The molecule has 8 heteroatoms. The second kappa shape index (κ2) is 8.24. The molecule has 1 unspecified atom stereocenters. The zero-order valence-electron chi connectivity index (χ0n) is 14.0. The molecule has 2 aromatic carbocycles. The summed E-state index contributed by atoms with van der Waals surface area (Å²) < 4.78 is 10.7. The number of methoxy groups -OCH3 is 1. The van der Waals surface area contributed by atoms with E-state index in [1.807, 2.05) is 12.1 Å². The molecule has 0 aliphatic rings. The normalized spacial score (nSPS) is 11.8. The summed E-state index contributed by atoms with van der Waals surface area (Å²) in [6.07, 6.45) is 0.842. The van der Waals surface area contributed by atoms with Gasteiger partial charge >= 0.3 is 0 Å². The minimum atomic E-state index is -0.845. The van der Waals surface area contributed by atoms with Crippen LogP contribution in [0.3, 0.4) is 0 Å². The fourth-order valence-electron chi connectivity index (χ4n) is 2.29. The number of aliphatic hydroxyl groups excluding tert-OH is 1. The first-order chi connectivity index (χ1) is 12.7. The maximum Gasteiger partial charge on any atom is 0.261 e.